The summed E-state index contributed by atoms with van der Waals surface area (Å²) in [5.74, 6) is 0. The standard InChI is InChI=1S/C13H19BrN2/c1-15-9-13(7-2-8-13)10-16-12-5-3-11(14)4-6-12/h3-6,15-16H,2,7-10H2,1H3. The lowest BCUT2D eigenvalue weighted by Gasteiger charge is -2.42. The molecule has 0 heterocycles. The first-order valence-electron chi connectivity index (χ1n) is 5.88. The van der Waals surface area contributed by atoms with E-state index in [1.54, 1.807) is 0 Å². The van der Waals surface area contributed by atoms with Gasteiger partial charge in [0.25, 0.3) is 0 Å². The number of nitrogens with one attached hydrogen (secondary N) is 2. The van der Waals surface area contributed by atoms with E-state index in [2.05, 4.69) is 50.8 Å². The van der Waals surface area contributed by atoms with Gasteiger partial charge in [0, 0.05) is 28.7 Å². The zero-order valence-corrected chi connectivity index (χ0v) is 11.3. The van der Waals surface area contributed by atoms with E-state index in [9.17, 15) is 0 Å². The SMILES string of the molecule is CNCC1(CNc2ccc(Br)cc2)CCC1. The van der Waals surface area contributed by atoms with Gasteiger partial charge in [0.1, 0.15) is 0 Å². The molecular formula is C13H19BrN2. The van der Waals surface area contributed by atoms with Crippen molar-refractivity contribution >= 4 is 21.6 Å². The summed E-state index contributed by atoms with van der Waals surface area (Å²) in [6.07, 6.45) is 4.07. The molecule has 2 N–H and O–H groups in total. The molecule has 2 nitrogen and oxygen atoms in total. The third-order valence-electron chi connectivity index (χ3n) is 3.48. The summed E-state index contributed by atoms with van der Waals surface area (Å²) in [6, 6.07) is 8.40. The fraction of sp³-hybridized carbons (Fsp3) is 0.538. The zero-order chi connectivity index (χ0) is 11.4. The molecule has 88 valence electrons. The monoisotopic (exact) mass is 282 g/mol. The van der Waals surface area contributed by atoms with Crippen LogP contribution in [0.5, 0.6) is 0 Å². The molecule has 1 fully saturated rings. The summed E-state index contributed by atoms with van der Waals surface area (Å²) in [5, 5.41) is 6.85. The zero-order valence-electron chi connectivity index (χ0n) is 9.72. The van der Waals surface area contributed by atoms with Gasteiger partial charge in [-0.25, -0.2) is 0 Å². The van der Waals surface area contributed by atoms with E-state index in [1.807, 2.05) is 7.05 Å². The molecule has 1 aromatic carbocycles. The number of benzene rings is 1. The molecule has 0 radical (unpaired) electrons. The summed E-state index contributed by atoms with van der Waals surface area (Å²) in [6.45, 7) is 2.20. The van der Waals surface area contributed by atoms with Crippen molar-refractivity contribution in [3.05, 3.63) is 28.7 Å². The van der Waals surface area contributed by atoms with Gasteiger partial charge in [0.05, 0.1) is 0 Å². The molecule has 0 spiro atoms. The first-order chi connectivity index (χ1) is 7.74. The summed E-state index contributed by atoms with van der Waals surface area (Å²) >= 11 is 3.45. The summed E-state index contributed by atoms with van der Waals surface area (Å²) in [5.41, 5.74) is 1.70. The molecule has 1 aliphatic rings. The molecule has 3 heteroatoms. The lowest BCUT2D eigenvalue weighted by Crippen LogP contribution is -2.44. The Kier molecular flexibility index (Phi) is 3.87. The van der Waals surface area contributed by atoms with E-state index >= 15 is 0 Å². The van der Waals surface area contributed by atoms with Crippen LogP contribution in [0.15, 0.2) is 28.7 Å². The van der Waals surface area contributed by atoms with Gasteiger partial charge < -0.3 is 10.6 Å². The molecule has 0 amide bonds. The van der Waals surface area contributed by atoms with E-state index in [-0.39, 0.29) is 0 Å². The average molecular weight is 283 g/mol. The average Bonchev–Trinajstić information content (AvgIpc) is 2.24. The van der Waals surface area contributed by atoms with Crippen LogP contribution in [-0.2, 0) is 0 Å². The van der Waals surface area contributed by atoms with Gasteiger partial charge in [0.2, 0.25) is 0 Å². The number of rotatable bonds is 5. The quantitative estimate of drug-likeness (QED) is 0.866. The lowest BCUT2D eigenvalue weighted by atomic mass is 9.68. The molecule has 0 aromatic heterocycles. The molecule has 0 atom stereocenters. The maximum Gasteiger partial charge on any atom is 0.0341 e. The van der Waals surface area contributed by atoms with Gasteiger partial charge >= 0.3 is 0 Å². The Hall–Kier alpha value is -0.540. The Morgan fingerprint density at radius 1 is 1.19 bits per heavy atom. The third kappa shape index (κ3) is 2.77. The number of halogens is 1. The first kappa shape index (κ1) is 11.9. The van der Waals surface area contributed by atoms with Gasteiger partial charge in [-0.2, -0.15) is 0 Å². The highest BCUT2D eigenvalue weighted by Crippen LogP contribution is 2.40. The molecule has 16 heavy (non-hydrogen) atoms. The topological polar surface area (TPSA) is 24.1 Å². The van der Waals surface area contributed by atoms with Crippen molar-refractivity contribution in [2.24, 2.45) is 5.41 Å². The highest BCUT2D eigenvalue weighted by molar-refractivity contribution is 9.10. The highest BCUT2D eigenvalue weighted by atomic mass is 79.9. The summed E-state index contributed by atoms with van der Waals surface area (Å²) < 4.78 is 1.13. The van der Waals surface area contributed by atoms with Crippen molar-refractivity contribution in [2.45, 2.75) is 19.3 Å². The van der Waals surface area contributed by atoms with Crippen LogP contribution in [0.1, 0.15) is 19.3 Å². The predicted octanol–water partition coefficient (Wildman–Crippen LogP) is 3.25. The maximum atomic E-state index is 3.54. The number of hydrogen-bond donors (Lipinski definition) is 2. The Morgan fingerprint density at radius 2 is 1.88 bits per heavy atom. The van der Waals surface area contributed by atoms with Crippen LogP contribution >= 0.6 is 15.9 Å². The predicted molar refractivity (Wildman–Crippen MR) is 72.8 cm³/mol. The molecule has 0 saturated heterocycles. The minimum atomic E-state index is 0.488. The Bertz CT molecular complexity index is 330. The maximum absolute atomic E-state index is 3.54. The Morgan fingerprint density at radius 3 is 2.38 bits per heavy atom. The molecule has 0 bridgehead atoms. The second kappa shape index (κ2) is 5.19. The van der Waals surface area contributed by atoms with Gasteiger partial charge in [-0.05, 0) is 44.2 Å². The van der Waals surface area contributed by atoms with E-state index in [4.69, 9.17) is 0 Å². The minimum absolute atomic E-state index is 0.488. The highest BCUT2D eigenvalue weighted by Gasteiger charge is 2.35. The van der Waals surface area contributed by atoms with E-state index < -0.39 is 0 Å². The first-order valence-corrected chi connectivity index (χ1v) is 6.67. The lowest BCUT2D eigenvalue weighted by molar-refractivity contribution is 0.151. The van der Waals surface area contributed by atoms with Gasteiger partial charge in [0.15, 0.2) is 0 Å². The van der Waals surface area contributed by atoms with Crippen molar-refractivity contribution in [1.82, 2.24) is 5.32 Å². The second-order valence-corrected chi connectivity index (χ2v) is 5.66. The van der Waals surface area contributed by atoms with Crippen molar-refractivity contribution < 1.29 is 0 Å². The van der Waals surface area contributed by atoms with Crippen LogP contribution in [0.25, 0.3) is 0 Å². The molecule has 1 aromatic rings. The fourth-order valence-corrected chi connectivity index (χ4v) is 2.59. The van der Waals surface area contributed by atoms with Crippen LogP contribution in [0.2, 0.25) is 0 Å². The van der Waals surface area contributed by atoms with Crippen molar-refractivity contribution in [3.8, 4) is 0 Å². The number of anilines is 1. The Balaban J connectivity index is 1.88. The van der Waals surface area contributed by atoms with Crippen LogP contribution in [-0.4, -0.2) is 20.1 Å². The van der Waals surface area contributed by atoms with Crippen LogP contribution in [0, 0.1) is 5.41 Å². The van der Waals surface area contributed by atoms with Crippen LogP contribution < -0.4 is 10.6 Å². The fourth-order valence-electron chi connectivity index (χ4n) is 2.33. The molecule has 0 aliphatic heterocycles. The minimum Gasteiger partial charge on any atom is -0.384 e. The molecular weight excluding hydrogens is 264 g/mol. The van der Waals surface area contributed by atoms with Gasteiger partial charge in [-0.15, -0.1) is 0 Å². The van der Waals surface area contributed by atoms with E-state index in [0.717, 1.165) is 17.6 Å². The van der Waals surface area contributed by atoms with Crippen molar-refractivity contribution in [3.63, 3.8) is 0 Å². The van der Waals surface area contributed by atoms with Crippen molar-refractivity contribution in [1.29, 1.82) is 0 Å². The third-order valence-corrected chi connectivity index (χ3v) is 4.01. The van der Waals surface area contributed by atoms with Gasteiger partial charge in [-0.3, -0.25) is 0 Å². The molecule has 1 aliphatic carbocycles. The largest absolute Gasteiger partial charge is 0.384 e. The molecule has 2 rings (SSSR count). The molecule has 0 unspecified atom stereocenters. The summed E-state index contributed by atoms with van der Waals surface area (Å²) in [4.78, 5) is 0. The normalized spacial score (nSPS) is 17.9. The van der Waals surface area contributed by atoms with Crippen molar-refractivity contribution in [2.75, 3.05) is 25.5 Å². The second-order valence-electron chi connectivity index (χ2n) is 4.74. The molecule has 1 saturated carbocycles. The van der Waals surface area contributed by atoms with E-state index in [0.29, 0.717) is 5.41 Å². The van der Waals surface area contributed by atoms with E-state index in [1.165, 1.54) is 24.9 Å². The number of hydrogen-bond acceptors (Lipinski definition) is 2. The van der Waals surface area contributed by atoms with Crippen LogP contribution in [0.4, 0.5) is 5.69 Å². The smallest absolute Gasteiger partial charge is 0.0341 e. The van der Waals surface area contributed by atoms with Gasteiger partial charge in [-0.1, -0.05) is 22.4 Å². The Labute approximate surface area is 106 Å². The summed E-state index contributed by atoms with van der Waals surface area (Å²) in [7, 11) is 2.04. The van der Waals surface area contributed by atoms with Crippen LogP contribution in [0.3, 0.4) is 0 Å².